The summed E-state index contributed by atoms with van der Waals surface area (Å²) in [5, 5.41) is 7.60. The van der Waals surface area contributed by atoms with E-state index in [0.29, 0.717) is 37.1 Å². The zero-order valence-corrected chi connectivity index (χ0v) is 21.4. The molecule has 0 spiro atoms. The van der Waals surface area contributed by atoms with Crippen molar-refractivity contribution < 1.29 is 22.7 Å². The monoisotopic (exact) mass is 577 g/mol. The minimum absolute atomic E-state index is 0. The van der Waals surface area contributed by atoms with Crippen LogP contribution in [0.3, 0.4) is 0 Å². The van der Waals surface area contributed by atoms with Crippen LogP contribution in [0.5, 0.6) is 0 Å². The van der Waals surface area contributed by atoms with Gasteiger partial charge in [0.1, 0.15) is 10.6 Å². The summed E-state index contributed by atoms with van der Waals surface area (Å²) in [4.78, 5) is 21.9. The number of guanidine groups is 1. The molecule has 7 nitrogen and oxygen atoms in total. The Labute approximate surface area is 202 Å². The number of carbonyl (C=O) groups is 1. The van der Waals surface area contributed by atoms with E-state index in [2.05, 4.69) is 20.6 Å². The first-order valence-corrected chi connectivity index (χ1v) is 10.9. The molecule has 0 saturated carbocycles. The molecule has 0 bridgehead atoms. The number of amides is 1. The summed E-state index contributed by atoms with van der Waals surface area (Å²) < 4.78 is 43.5. The van der Waals surface area contributed by atoms with E-state index in [1.54, 1.807) is 4.90 Å². The van der Waals surface area contributed by atoms with Crippen molar-refractivity contribution in [1.82, 2.24) is 20.5 Å². The van der Waals surface area contributed by atoms with Gasteiger partial charge in [-0.25, -0.2) is 14.8 Å². The first-order valence-electron chi connectivity index (χ1n) is 9.99. The molecule has 1 aliphatic rings. The van der Waals surface area contributed by atoms with Crippen molar-refractivity contribution in [1.29, 1.82) is 0 Å². The summed E-state index contributed by atoms with van der Waals surface area (Å²) in [7, 11) is 0. The van der Waals surface area contributed by atoms with E-state index in [9.17, 15) is 18.0 Å². The standard InChI is InChI=1S/C19H30F3N5O2S.HI/c1-5-23-16(25-10-15-26-14(12-30-15)19(20,21)22)24-9-13-7-6-8-27(11-13)17(28)29-18(2,3)4;/h12-13H,5-11H2,1-4H3,(H2,23,24,25);1H. The molecule has 12 heteroatoms. The number of rotatable bonds is 5. The van der Waals surface area contributed by atoms with Gasteiger partial charge in [-0.05, 0) is 46.5 Å². The molecule has 0 radical (unpaired) electrons. The van der Waals surface area contributed by atoms with Crippen molar-refractivity contribution in [3.05, 3.63) is 16.1 Å². The number of aromatic nitrogens is 1. The summed E-state index contributed by atoms with van der Waals surface area (Å²) in [6.07, 6.45) is -2.90. The number of hydrogen-bond donors (Lipinski definition) is 2. The predicted molar refractivity (Wildman–Crippen MR) is 126 cm³/mol. The number of aliphatic imine (C=N–C) groups is 1. The van der Waals surface area contributed by atoms with Gasteiger partial charge in [-0.2, -0.15) is 13.2 Å². The quantitative estimate of drug-likeness (QED) is 0.307. The molecular formula is C19H31F3IN5O2S. The van der Waals surface area contributed by atoms with E-state index in [1.807, 2.05) is 27.7 Å². The van der Waals surface area contributed by atoms with E-state index >= 15 is 0 Å². The maximum atomic E-state index is 12.7. The van der Waals surface area contributed by atoms with Crippen LogP contribution in [0.15, 0.2) is 10.4 Å². The summed E-state index contributed by atoms with van der Waals surface area (Å²) in [6, 6.07) is 0. The van der Waals surface area contributed by atoms with Gasteiger partial charge in [0.05, 0.1) is 6.54 Å². The lowest BCUT2D eigenvalue weighted by Crippen LogP contribution is -2.47. The first-order chi connectivity index (χ1) is 14.0. The van der Waals surface area contributed by atoms with Crippen molar-refractivity contribution in [2.75, 3.05) is 26.2 Å². The van der Waals surface area contributed by atoms with E-state index < -0.39 is 17.5 Å². The zero-order chi connectivity index (χ0) is 22.4. The van der Waals surface area contributed by atoms with Gasteiger partial charge in [0, 0.05) is 31.6 Å². The minimum Gasteiger partial charge on any atom is -0.444 e. The molecule has 1 aliphatic heterocycles. The number of ether oxygens (including phenoxy) is 1. The highest BCUT2D eigenvalue weighted by atomic mass is 127. The number of alkyl halides is 3. The fraction of sp³-hybridized carbons (Fsp3) is 0.737. The Balaban J connectivity index is 0.00000480. The molecule has 1 unspecified atom stereocenters. The first kappa shape index (κ1) is 27.7. The Bertz CT molecular complexity index is 737. The van der Waals surface area contributed by atoms with Crippen molar-refractivity contribution in [2.45, 2.75) is 58.9 Å². The molecule has 178 valence electrons. The van der Waals surface area contributed by atoms with Crippen LogP contribution in [0, 0.1) is 5.92 Å². The largest absolute Gasteiger partial charge is 0.444 e. The molecule has 1 fully saturated rings. The molecule has 0 aliphatic carbocycles. The van der Waals surface area contributed by atoms with Crippen LogP contribution in [-0.2, 0) is 17.5 Å². The van der Waals surface area contributed by atoms with E-state index in [1.165, 1.54) is 0 Å². The normalized spacial score (nSPS) is 17.7. The van der Waals surface area contributed by atoms with Crippen molar-refractivity contribution in [3.8, 4) is 0 Å². The predicted octanol–water partition coefficient (Wildman–Crippen LogP) is 4.48. The maximum Gasteiger partial charge on any atom is 0.434 e. The average Bonchev–Trinajstić information content (AvgIpc) is 3.12. The summed E-state index contributed by atoms with van der Waals surface area (Å²) >= 11 is 0.939. The topological polar surface area (TPSA) is 78.9 Å². The lowest BCUT2D eigenvalue weighted by Gasteiger charge is -2.34. The Morgan fingerprint density at radius 2 is 2.06 bits per heavy atom. The molecule has 31 heavy (non-hydrogen) atoms. The molecule has 1 aromatic rings. The second-order valence-electron chi connectivity index (χ2n) is 8.13. The lowest BCUT2D eigenvalue weighted by molar-refractivity contribution is -0.140. The van der Waals surface area contributed by atoms with Gasteiger partial charge in [-0.3, -0.25) is 0 Å². The van der Waals surface area contributed by atoms with Gasteiger partial charge in [-0.1, -0.05) is 0 Å². The van der Waals surface area contributed by atoms with Crippen LogP contribution >= 0.6 is 35.3 Å². The molecule has 1 aromatic heterocycles. The van der Waals surface area contributed by atoms with Crippen LogP contribution in [0.4, 0.5) is 18.0 Å². The number of halogens is 4. The second-order valence-corrected chi connectivity index (χ2v) is 9.08. The van der Waals surface area contributed by atoms with E-state index in [-0.39, 0.29) is 42.5 Å². The minimum atomic E-state index is -4.44. The Morgan fingerprint density at radius 1 is 1.35 bits per heavy atom. The molecular weight excluding hydrogens is 546 g/mol. The van der Waals surface area contributed by atoms with E-state index in [4.69, 9.17) is 4.74 Å². The van der Waals surface area contributed by atoms with Gasteiger partial charge >= 0.3 is 12.3 Å². The number of thiazole rings is 1. The van der Waals surface area contributed by atoms with Gasteiger partial charge in [0.15, 0.2) is 11.7 Å². The molecule has 2 N–H and O–H groups in total. The fourth-order valence-electron chi connectivity index (χ4n) is 2.97. The lowest BCUT2D eigenvalue weighted by atomic mass is 9.98. The number of piperidine rings is 1. The van der Waals surface area contributed by atoms with Crippen LogP contribution in [0.2, 0.25) is 0 Å². The van der Waals surface area contributed by atoms with Gasteiger partial charge < -0.3 is 20.3 Å². The fourth-order valence-corrected chi connectivity index (χ4v) is 3.69. The molecule has 1 saturated heterocycles. The van der Waals surface area contributed by atoms with Crippen molar-refractivity contribution in [2.24, 2.45) is 10.9 Å². The Hall–Kier alpha value is -1.31. The number of nitrogens with zero attached hydrogens (tertiary/aromatic N) is 3. The summed E-state index contributed by atoms with van der Waals surface area (Å²) in [5.74, 6) is 0.738. The third-order valence-corrected chi connectivity index (χ3v) is 5.12. The molecule has 1 atom stereocenters. The van der Waals surface area contributed by atoms with Crippen molar-refractivity contribution in [3.63, 3.8) is 0 Å². The summed E-state index contributed by atoms with van der Waals surface area (Å²) in [6.45, 7) is 9.96. The molecule has 2 heterocycles. The van der Waals surface area contributed by atoms with Crippen molar-refractivity contribution >= 4 is 47.4 Å². The Morgan fingerprint density at radius 3 is 2.65 bits per heavy atom. The van der Waals surface area contributed by atoms with Crippen LogP contribution in [0.25, 0.3) is 0 Å². The molecule has 2 rings (SSSR count). The summed E-state index contributed by atoms with van der Waals surface area (Å²) in [5.41, 5.74) is -1.42. The van der Waals surface area contributed by atoms with Crippen LogP contribution in [-0.4, -0.2) is 53.7 Å². The number of likely N-dealkylation sites (tertiary alicyclic amines) is 1. The van der Waals surface area contributed by atoms with Crippen LogP contribution in [0.1, 0.15) is 51.2 Å². The second kappa shape index (κ2) is 12.1. The van der Waals surface area contributed by atoms with Gasteiger partial charge in [0.25, 0.3) is 0 Å². The average molecular weight is 577 g/mol. The number of carbonyl (C=O) groups excluding carboxylic acids is 1. The third-order valence-electron chi connectivity index (χ3n) is 4.29. The molecule has 0 aromatic carbocycles. The zero-order valence-electron chi connectivity index (χ0n) is 18.2. The number of nitrogens with one attached hydrogen (secondary N) is 2. The molecule has 1 amide bonds. The highest BCUT2D eigenvalue weighted by molar-refractivity contribution is 14.0. The van der Waals surface area contributed by atoms with Gasteiger partial charge in [-0.15, -0.1) is 35.3 Å². The highest BCUT2D eigenvalue weighted by Gasteiger charge is 2.33. The highest BCUT2D eigenvalue weighted by Crippen LogP contribution is 2.30. The van der Waals surface area contributed by atoms with Gasteiger partial charge in [0.2, 0.25) is 0 Å². The van der Waals surface area contributed by atoms with E-state index in [0.717, 1.165) is 29.6 Å². The third kappa shape index (κ3) is 9.79. The smallest absolute Gasteiger partial charge is 0.434 e. The number of hydrogen-bond acceptors (Lipinski definition) is 5. The Kier molecular flexibility index (Phi) is 10.8. The maximum absolute atomic E-state index is 12.7. The van der Waals surface area contributed by atoms with Crippen LogP contribution < -0.4 is 10.6 Å². The SMILES string of the molecule is CCNC(=NCc1nc(C(F)(F)F)cs1)NCC1CCCN(C(=O)OC(C)(C)C)C1.I.